The Morgan fingerprint density at radius 2 is 1.05 bits per heavy atom. The van der Waals surface area contributed by atoms with E-state index in [9.17, 15) is 0 Å². The molecule has 0 atom stereocenters. The van der Waals surface area contributed by atoms with Gasteiger partial charge in [0.05, 0.1) is 0 Å². The van der Waals surface area contributed by atoms with Crippen LogP contribution in [0, 0.1) is 62.2 Å². The Labute approximate surface area is 168 Å². The van der Waals surface area contributed by atoms with E-state index in [1.807, 2.05) is 25.3 Å². The molecule has 3 heteroatoms. The van der Waals surface area contributed by atoms with Gasteiger partial charge in [-0.15, -0.1) is 11.8 Å². The molecule has 2 aromatic rings. The summed E-state index contributed by atoms with van der Waals surface area (Å²) in [4.78, 5) is 1.17. The molecule has 0 aliphatic heterocycles. The van der Waals surface area contributed by atoms with E-state index in [2.05, 4.69) is 55.1 Å². The van der Waals surface area contributed by atoms with Crippen LogP contribution in [0.2, 0.25) is 0 Å². The molecule has 0 aromatic heterocycles. The average molecular weight is 718 g/mol. The molecule has 2 rings (SSSR count). The third-order valence-electron chi connectivity index (χ3n) is 2.23. The van der Waals surface area contributed by atoms with E-state index in [0.717, 1.165) is 0 Å². The van der Waals surface area contributed by atoms with Crippen molar-refractivity contribution in [3.05, 3.63) is 72.1 Å². The molecule has 0 N–H and O–H groups in total. The van der Waals surface area contributed by atoms with Gasteiger partial charge < -0.3 is 0 Å². The summed E-state index contributed by atoms with van der Waals surface area (Å²) in [7, 11) is 0. The van der Waals surface area contributed by atoms with Crippen LogP contribution in [0.4, 0.5) is 0 Å². The van der Waals surface area contributed by atoms with Crippen molar-refractivity contribution >= 4 is 11.8 Å². The molecule has 19 heavy (non-hydrogen) atoms. The molecule has 0 saturated heterocycles. The van der Waals surface area contributed by atoms with Gasteiger partial charge in [-0.3, -0.25) is 0 Å². The van der Waals surface area contributed by atoms with Crippen LogP contribution in [0.5, 0.6) is 0 Å². The zero-order valence-electron chi connectivity index (χ0n) is 11.4. The summed E-state index contributed by atoms with van der Waals surface area (Å²) in [6, 6.07) is 20.8. The maximum atomic E-state index is 3.64. The van der Waals surface area contributed by atoms with Gasteiger partial charge in [0.15, 0.2) is 0 Å². The summed E-state index contributed by atoms with van der Waals surface area (Å²) in [5, 5.41) is 0. The van der Waals surface area contributed by atoms with E-state index < -0.39 is 0 Å². The Bertz CT molecular complexity index is 403. The van der Waals surface area contributed by atoms with Crippen LogP contribution < -0.4 is 0 Å². The first-order valence-electron chi connectivity index (χ1n) is 5.54. The maximum Gasteiger partial charge on any atom is 0 e. The summed E-state index contributed by atoms with van der Waals surface area (Å²) in [5.41, 5.74) is 2.55. The van der Waals surface area contributed by atoms with Crippen LogP contribution >= 0.6 is 11.8 Å². The van der Waals surface area contributed by atoms with Crippen molar-refractivity contribution in [3.63, 3.8) is 0 Å². The average Bonchev–Trinajstić information content (AvgIpc) is 2.41. The van der Waals surface area contributed by atoms with Crippen molar-refractivity contribution in [2.45, 2.75) is 6.92 Å². The molecule has 0 amide bonds. The first-order valence-corrected chi connectivity index (χ1v) is 6.76. The standard InChI is InChI=1S/C12H10.C4H8S.2U/c1-3-7-11(8-4-1)12-9-5-2-6-10-12;1-4(2)5-3;;/h1-10H;1H2,2-3H3;;. The predicted octanol–water partition coefficient (Wildman–Crippen LogP) is 5.24. The van der Waals surface area contributed by atoms with Crippen molar-refractivity contribution in [1.82, 2.24) is 0 Å². The normalized spacial score (nSPS) is 8.11. The minimum absolute atomic E-state index is 0. The predicted molar refractivity (Wildman–Crippen MR) is 80.2 cm³/mol. The van der Waals surface area contributed by atoms with Crippen LogP contribution in [0.1, 0.15) is 6.92 Å². The Morgan fingerprint density at radius 3 is 1.26 bits per heavy atom. The fraction of sp³-hybridized carbons (Fsp3) is 0.125. The zero-order chi connectivity index (χ0) is 12.5. The zero-order valence-corrected chi connectivity index (χ0v) is 20.5. The molecule has 0 aliphatic carbocycles. The topological polar surface area (TPSA) is 0 Å². The van der Waals surface area contributed by atoms with E-state index in [-0.39, 0.29) is 62.2 Å². The molecule has 0 spiro atoms. The van der Waals surface area contributed by atoms with Gasteiger partial charge in [0.25, 0.3) is 0 Å². The first-order chi connectivity index (χ1) is 8.24. The Balaban J connectivity index is 0. The molecule has 0 heterocycles. The number of allylic oxidation sites excluding steroid dienone is 1. The molecule has 0 bridgehead atoms. The summed E-state index contributed by atoms with van der Waals surface area (Å²) in [6.07, 6.45) is 2.02. The largest absolute Gasteiger partial charge is 0.135 e. The summed E-state index contributed by atoms with van der Waals surface area (Å²) < 4.78 is 0. The van der Waals surface area contributed by atoms with E-state index >= 15 is 0 Å². The Morgan fingerprint density at radius 1 is 0.789 bits per heavy atom. The number of rotatable bonds is 2. The number of hydrogen-bond donors (Lipinski definition) is 0. The fourth-order valence-electron chi connectivity index (χ4n) is 1.26. The van der Waals surface area contributed by atoms with Crippen LogP contribution in [-0.4, -0.2) is 6.26 Å². The third kappa shape index (κ3) is 10.1. The first kappa shape index (κ1) is 21.9. The molecule has 2 aromatic carbocycles. The van der Waals surface area contributed by atoms with Crippen molar-refractivity contribution in [2.75, 3.05) is 6.26 Å². The van der Waals surface area contributed by atoms with Gasteiger partial charge in [-0.25, -0.2) is 0 Å². The van der Waals surface area contributed by atoms with Crippen LogP contribution in [0.15, 0.2) is 72.1 Å². The second-order valence-corrected chi connectivity index (χ2v) is 4.74. The van der Waals surface area contributed by atoms with Crippen LogP contribution in [0.25, 0.3) is 11.1 Å². The minimum atomic E-state index is 0. The van der Waals surface area contributed by atoms with Crippen molar-refractivity contribution < 1.29 is 62.2 Å². The van der Waals surface area contributed by atoms with Crippen molar-refractivity contribution in [1.29, 1.82) is 0 Å². The number of hydrogen-bond acceptors (Lipinski definition) is 1. The molecular weight excluding hydrogens is 700 g/mol. The summed E-state index contributed by atoms with van der Waals surface area (Å²) in [6.45, 7) is 5.63. The SMILES string of the molecule is C=C(C)SC.[U].[U].c1ccc(-c2ccccc2)cc1. The molecule has 0 unspecified atom stereocenters. The van der Waals surface area contributed by atoms with Gasteiger partial charge in [-0.2, -0.15) is 0 Å². The van der Waals surface area contributed by atoms with Crippen LogP contribution in [0.3, 0.4) is 0 Å². The Kier molecular flexibility index (Phi) is 15.7. The summed E-state index contributed by atoms with van der Waals surface area (Å²) in [5.74, 6) is 0. The second-order valence-electron chi connectivity index (χ2n) is 3.64. The molecule has 0 fully saturated rings. The van der Waals surface area contributed by atoms with Gasteiger partial charge in [0.2, 0.25) is 0 Å². The number of benzene rings is 2. The third-order valence-corrected chi connectivity index (χ3v) is 2.93. The van der Waals surface area contributed by atoms with Gasteiger partial charge in [0.1, 0.15) is 0 Å². The maximum absolute atomic E-state index is 3.64. The molecule has 0 saturated carbocycles. The summed E-state index contributed by atoms with van der Waals surface area (Å²) >= 11 is 1.69. The van der Waals surface area contributed by atoms with Gasteiger partial charge in [0, 0.05) is 62.2 Å². The van der Waals surface area contributed by atoms with Gasteiger partial charge in [-0.05, 0) is 29.2 Å². The quantitative estimate of drug-likeness (QED) is 0.410. The van der Waals surface area contributed by atoms with Crippen molar-refractivity contribution in [3.8, 4) is 11.1 Å². The monoisotopic (exact) mass is 718 g/mol. The van der Waals surface area contributed by atoms with Gasteiger partial charge >= 0.3 is 0 Å². The van der Waals surface area contributed by atoms with Gasteiger partial charge in [-0.1, -0.05) is 67.2 Å². The Hall–Kier alpha value is 0.634. The van der Waals surface area contributed by atoms with Crippen LogP contribution in [-0.2, 0) is 0 Å². The molecule has 0 nitrogen and oxygen atoms in total. The van der Waals surface area contributed by atoms with E-state index in [0.29, 0.717) is 0 Å². The second kappa shape index (κ2) is 13.6. The molecule has 0 radical (unpaired) electrons. The molecule has 0 aliphatic rings. The van der Waals surface area contributed by atoms with E-state index in [4.69, 9.17) is 0 Å². The minimum Gasteiger partial charge on any atom is -0.135 e. The molecular formula is C16H18SU2. The number of thioether (sulfide) groups is 1. The molecule has 96 valence electrons. The smallest absolute Gasteiger partial charge is 0 e. The van der Waals surface area contributed by atoms with Crippen molar-refractivity contribution in [2.24, 2.45) is 0 Å². The fourth-order valence-corrected chi connectivity index (χ4v) is 1.26. The van der Waals surface area contributed by atoms with E-state index in [1.165, 1.54) is 16.0 Å². The van der Waals surface area contributed by atoms with E-state index in [1.54, 1.807) is 11.8 Å².